The molecule has 13 rings (SSSR count). The molecule has 2 heterocycles. The highest BCUT2D eigenvalue weighted by molar-refractivity contribution is 6.23. The SMILES string of the molecule is c1ccc(-c2c3cccc(-c4ccc(N(c5ccc(-c6cccc7ccccc67)cc5)c5ccc(-c6cccc7ccccc67)cc5)cc4)c3n3c4ccccc4c4ccccc4c23)cc1. The van der Waals surface area contributed by atoms with Crippen LogP contribution in [0.15, 0.2) is 255 Å². The van der Waals surface area contributed by atoms with E-state index in [-0.39, 0.29) is 0 Å². The van der Waals surface area contributed by atoms with Crippen molar-refractivity contribution < 1.29 is 0 Å². The third-order valence-electron chi connectivity index (χ3n) is 13.6. The molecular formula is C64H42N2. The van der Waals surface area contributed by atoms with Crippen molar-refractivity contribution in [3.05, 3.63) is 255 Å². The van der Waals surface area contributed by atoms with Crippen LogP contribution in [0, 0.1) is 0 Å². The van der Waals surface area contributed by atoms with Gasteiger partial charge in [-0.1, -0.05) is 212 Å². The average Bonchev–Trinajstić information content (AvgIpc) is 3.76. The molecule has 0 unspecified atom stereocenters. The second-order valence-electron chi connectivity index (χ2n) is 17.2. The molecule has 0 amide bonds. The zero-order valence-electron chi connectivity index (χ0n) is 36.1. The second-order valence-corrected chi connectivity index (χ2v) is 17.2. The van der Waals surface area contributed by atoms with Crippen LogP contribution in [0.5, 0.6) is 0 Å². The normalized spacial score (nSPS) is 11.6. The molecule has 0 aliphatic carbocycles. The molecule has 0 radical (unpaired) electrons. The predicted molar refractivity (Wildman–Crippen MR) is 281 cm³/mol. The number of benzene rings is 11. The van der Waals surface area contributed by atoms with Gasteiger partial charge in [-0.25, -0.2) is 0 Å². The van der Waals surface area contributed by atoms with Gasteiger partial charge in [0.15, 0.2) is 0 Å². The molecule has 13 aromatic rings. The van der Waals surface area contributed by atoms with Gasteiger partial charge in [-0.3, -0.25) is 0 Å². The van der Waals surface area contributed by atoms with E-state index in [1.54, 1.807) is 0 Å². The van der Waals surface area contributed by atoms with Crippen molar-refractivity contribution in [2.24, 2.45) is 0 Å². The Morgan fingerprint density at radius 3 is 1.23 bits per heavy atom. The summed E-state index contributed by atoms with van der Waals surface area (Å²) in [6.07, 6.45) is 0. The molecule has 0 N–H and O–H groups in total. The van der Waals surface area contributed by atoms with Crippen molar-refractivity contribution in [1.82, 2.24) is 4.40 Å². The minimum absolute atomic E-state index is 1.09. The Morgan fingerprint density at radius 1 is 0.242 bits per heavy atom. The van der Waals surface area contributed by atoms with Crippen molar-refractivity contribution in [2.45, 2.75) is 0 Å². The van der Waals surface area contributed by atoms with E-state index in [9.17, 15) is 0 Å². The fraction of sp³-hybridized carbons (Fsp3) is 0. The van der Waals surface area contributed by atoms with E-state index in [0.29, 0.717) is 0 Å². The lowest BCUT2D eigenvalue weighted by atomic mass is 9.97. The summed E-state index contributed by atoms with van der Waals surface area (Å²) < 4.78 is 2.53. The van der Waals surface area contributed by atoms with Gasteiger partial charge in [0, 0.05) is 44.3 Å². The molecule has 0 saturated carbocycles. The monoisotopic (exact) mass is 838 g/mol. The van der Waals surface area contributed by atoms with Crippen LogP contribution in [0.25, 0.3) is 104 Å². The molecule has 0 saturated heterocycles. The van der Waals surface area contributed by atoms with Gasteiger partial charge in [0.25, 0.3) is 0 Å². The van der Waals surface area contributed by atoms with E-state index in [2.05, 4.69) is 264 Å². The molecule has 0 atom stereocenters. The maximum Gasteiger partial charge on any atom is 0.0626 e. The van der Waals surface area contributed by atoms with Gasteiger partial charge in [-0.05, 0) is 103 Å². The summed E-state index contributed by atoms with van der Waals surface area (Å²) in [7, 11) is 0. The Bertz CT molecular complexity index is 3820. The Morgan fingerprint density at radius 2 is 0.652 bits per heavy atom. The van der Waals surface area contributed by atoms with Crippen LogP contribution in [-0.2, 0) is 0 Å². The predicted octanol–water partition coefficient (Wildman–Crippen LogP) is 17.8. The highest BCUT2D eigenvalue weighted by Gasteiger charge is 2.22. The maximum atomic E-state index is 2.53. The summed E-state index contributed by atoms with van der Waals surface area (Å²) in [5.41, 5.74) is 16.6. The maximum absolute atomic E-state index is 2.53. The molecule has 2 nitrogen and oxygen atoms in total. The summed E-state index contributed by atoms with van der Waals surface area (Å²) in [4.78, 5) is 2.38. The molecule has 66 heavy (non-hydrogen) atoms. The fourth-order valence-corrected chi connectivity index (χ4v) is 10.6. The lowest BCUT2D eigenvalue weighted by molar-refractivity contribution is 1.28. The molecule has 0 bridgehead atoms. The Hall–Kier alpha value is -8.72. The van der Waals surface area contributed by atoms with Crippen LogP contribution in [0.1, 0.15) is 0 Å². The summed E-state index contributed by atoms with van der Waals surface area (Å²) in [5, 5.41) is 10.0. The van der Waals surface area contributed by atoms with E-state index in [1.807, 2.05) is 0 Å². The van der Waals surface area contributed by atoms with E-state index >= 15 is 0 Å². The van der Waals surface area contributed by atoms with Crippen LogP contribution in [0.3, 0.4) is 0 Å². The van der Waals surface area contributed by atoms with Gasteiger partial charge in [0.05, 0.1) is 16.6 Å². The third kappa shape index (κ3) is 6.11. The van der Waals surface area contributed by atoms with Crippen LogP contribution in [0.4, 0.5) is 17.1 Å². The number of fused-ring (bicyclic) bond motifs is 10. The molecule has 308 valence electrons. The molecule has 0 spiro atoms. The highest BCUT2D eigenvalue weighted by Crippen LogP contribution is 2.46. The number of para-hydroxylation sites is 2. The summed E-state index contributed by atoms with van der Waals surface area (Å²) in [6.45, 7) is 0. The number of anilines is 3. The number of pyridine rings is 1. The number of rotatable bonds is 7. The Kier molecular flexibility index (Phi) is 8.89. The quantitative estimate of drug-likeness (QED) is 0.145. The molecule has 2 aromatic heterocycles. The van der Waals surface area contributed by atoms with Gasteiger partial charge >= 0.3 is 0 Å². The minimum atomic E-state index is 1.09. The fourth-order valence-electron chi connectivity index (χ4n) is 10.6. The first-order valence-corrected chi connectivity index (χ1v) is 22.8. The first kappa shape index (κ1) is 37.8. The van der Waals surface area contributed by atoms with Gasteiger partial charge in [-0.15, -0.1) is 0 Å². The van der Waals surface area contributed by atoms with Crippen LogP contribution in [0.2, 0.25) is 0 Å². The van der Waals surface area contributed by atoms with Crippen molar-refractivity contribution >= 4 is 76.7 Å². The van der Waals surface area contributed by atoms with E-state index in [4.69, 9.17) is 0 Å². The minimum Gasteiger partial charge on any atom is -0.311 e. The van der Waals surface area contributed by atoms with Gasteiger partial charge in [-0.2, -0.15) is 0 Å². The molecule has 0 fully saturated rings. The van der Waals surface area contributed by atoms with E-state index in [0.717, 1.165) is 22.6 Å². The summed E-state index contributed by atoms with van der Waals surface area (Å²) >= 11 is 0. The number of hydrogen-bond donors (Lipinski definition) is 0. The lowest BCUT2D eigenvalue weighted by Crippen LogP contribution is -2.09. The number of nitrogens with zero attached hydrogens (tertiary/aromatic N) is 2. The second kappa shape index (κ2) is 15.5. The Balaban J connectivity index is 0.973. The van der Waals surface area contributed by atoms with Crippen molar-refractivity contribution in [3.8, 4) is 44.5 Å². The molecule has 0 aliphatic heterocycles. The zero-order chi connectivity index (χ0) is 43.6. The topological polar surface area (TPSA) is 7.65 Å². The largest absolute Gasteiger partial charge is 0.311 e. The number of hydrogen-bond acceptors (Lipinski definition) is 1. The van der Waals surface area contributed by atoms with Crippen LogP contribution in [-0.4, -0.2) is 4.40 Å². The lowest BCUT2D eigenvalue weighted by Gasteiger charge is -2.26. The van der Waals surface area contributed by atoms with E-state index in [1.165, 1.54) is 98.6 Å². The van der Waals surface area contributed by atoms with Crippen molar-refractivity contribution in [3.63, 3.8) is 0 Å². The highest BCUT2D eigenvalue weighted by atomic mass is 15.1. The van der Waals surface area contributed by atoms with Gasteiger partial charge in [0.2, 0.25) is 0 Å². The smallest absolute Gasteiger partial charge is 0.0626 e. The standard InChI is InChI=1S/C64H42N2/c1-2-17-48(18-3-1)62-60-29-14-28-56(63(60)66-61-30-11-10-24-58(61)57-23-8-9-25-59(57)64(62)66)47-35-41-51(42-36-47)65(49-37-31-45(32-38-49)54-26-12-19-43-15-4-6-21-52(43)54)50-39-33-46(34-40-50)55-27-13-20-44-16-5-7-22-53(44)55/h1-42H. The van der Waals surface area contributed by atoms with Gasteiger partial charge < -0.3 is 9.30 Å². The zero-order valence-corrected chi connectivity index (χ0v) is 36.1. The first-order chi connectivity index (χ1) is 32.8. The molecular weight excluding hydrogens is 797 g/mol. The molecule has 0 aliphatic rings. The summed E-state index contributed by atoms with van der Waals surface area (Å²) in [5.74, 6) is 0. The van der Waals surface area contributed by atoms with Crippen molar-refractivity contribution in [1.29, 1.82) is 0 Å². The number of aromatic nitrogens is 1. The third-order valence-corrected chi connectivity index (χ3v) is 13.6. The van der Waals surface area contributed by atoms with E-state index < -0.39 is 0 Å². The Labute approximate surface area is 383 Å². The molecule has 11 aromatic carbocycles. The van der Waals surface area contributed by atoms with Gasteiger partial charge in [0.1, 0.15) is 0 Å². The average molecular weight is 839 g/mol. The first-order valence-electron chi connectivity index (χ1n) is 22.8. The van der Waals surface area contributed by atoms with Crippen molar-refractivity contribution in [2.75, 3.05) is 4.90 Å². The molecule has 2 heteroatoms. The summed E-state index contributed by atoms with van der Waals surface area (Å²) in [6, 6.07) is 93.1. The van der Waals surface area contributed by atoms with Crippen LogP contribution < -0.4 is 4.90 Å². The van der Waals surface area contributed by atoms with Crippen LogP contribution >= 0.6 is 0 Å².